The molecule has 0 bridgehead atoms. The lowest BCUT2D eigenvalue weighted by Crippen LogP contribution is -2.45. The highest BCUT2D eigenvalue weighted by molar-refractivity contribution is 6.30. The van der Waals surface area contributed by atoms with Crippen LogP contribution in [0.1, 0.15) is 18.4 Å². The molecule has 1 aromatic rings. The third-order valence-electron chi connectivity index (χ3n) is 2.98. The van der Waals surface area contributed by atoms with Crippen molar-refractivity contribution in [1.29, 1.82) is 0 Å². The minimum absolute atomic E-state index is 0.00898. The number of benzene rings is 1. The van der Waals surface area contributed by atoms with Crippen LogP contribution >= 0.6 is 11.6 Å². The molecule has 1 saturated carbocycles. The van der Waals surface area contributed by atoms with E-state index >= 15 is 0 Å². The van der Waals surface area contributed by atoms with Crippen molar-refractivity contribution in [3.05, 3.63) is 34.9 Å². The van der Waals surface area contributed by atoms with Gasteiger partial charge in [0.25, 0.3) is 0 Å². The molecule has 0 radical (unpaired) electrons. The number of aliphatic hydroxyl groups excluding tert-OH is 1. The Hall–Kier alpha value is -0.600. The predicted octanol–water partition coefficient (Wildman–Crippen LogP) is 2.70. The highest BCUT2D eigenvalue weighted by Crippen LogP contribution is 2.45. The van der Waals surface area contributed by atoms with Gasteiger partial charge in [-0.15, -0.1) is 0 Å². The number of hydrogen-bond donors (Lipinski definition) is 1. The van der Waals surface area contributed by atoms with Crippen LogP contribution in [0.5, 0.6) is 0 Å². The molecule has 2 rings (SSSR count). The normalized spacial score (nSPS) is 31.2. The summed E-state index contributed by atoms with van der Waals surface area (Å²) in [4.78, 5) is 0. The number of rotatable bonds is 2. The van der Waals surface area contributed by atoms with Crippen LogP contribution in [0.2, 0.25) is 5.02 Å². The van der Waals surface area contributed by atoms with Crippen molar-refractivity contribution in [2.24, 2.45) is 0 Å². The first kappa shape index (κ1) is 9.94. The Morgan fingerprint density at radius 3 is 2.36 bits per heavy atom. The van der Waals surface area contributed by atoms with E-state index in [1.54, 1.807) is 12.1 Å². The highest BCUT2D eigenvalue weighted by atomic mass is 35.5. The van der Waals surface area contributed by atoms with E-state index < -0.39 is 6.17 Å². The van der Waals surface area contributed by atoms with Crippen LogP contribution < -0.4 is 0 Å². The second kappa shape index (κ2) is 3.52. The third-order valence-corrected chi connectivity index (χ3v) is 3.24. The highest BCUT2D eigenvalue weighted by Gasteiger charge is 2.45. The third kappa shape index (κ3) is 1.53. The molecule has 0 heterocycles. The molecule has 1 aliphatic carbocycles. The minimum Gasteiger partial charge on any atom is -0.395 e. The van der Waals surface area contributed by atoms with Gasteiger partial charge in [-0.05, 0) is 30.5 Å². The fraction of sp³-hybridized carbons (Fsp3) is 0.455. The van der Waals surface area contributed by atoms with Crippen LogP contribution in [-0.4, -0.2) is 17.9 Å². The molecule has 0 unspecified atom stereocenters. The zero-order valence-electron chi connectivity index (χ0n) is 7.71. The van der Waals surface area contributed by atoms with E-state index in [0.717, 1.165) is 5.56 Å². The quantitative estimate of drug-likeness (QED) is 0.803. The van der Waals surface area contributed by atoms with E-state index in [-0.39, 0.29) is 12.0 Å². The van der Waals surface area contributed by atoms with Gasteiger partial charge >= 0.3 is 0 Å². The molecule has 1 N–H and O–H groups in total. The molecule has 0 saturated heterocycles. The average Bonchev–Trinajstić information content (AvgIpc) is 2.14. The summed E-state index contributed by atoms with van der Waals surface area (Å²) in [6.07, 6.45) is 0.0776. The summed E-state index contributed by atoms with van der Waals surface area (Å²) >= 11 is 5.76. The lowest BCUT2D eigenvalue weighted by molar-refractivity contribution is 0.0410. The predicted molar refractivity (Wildman–Crippen MR) is 54.3 cm³/mol. The summed E-state index contributed by atoms with van der Waals surface area (Å²) in [5, 5.41) is 9.94. The van der Waals surface area contributed by atoms with E-state index in [1.807, 2.05) is 12.1 Å². The molecule has 0 spiro atoms. The fourth-order valence-corrected chi connectivity index (χ4v) is 2.17. The number of halogens is 2. The standard InChI is InChI=1S/C11H12ClFO/c12-9-3-1-8(2-4-9)11(7-14)5-10(13)6-11/h1-4,10,14H,5-7H2. The van der Waals surface area contributed by atoms with Crippen molar-refractivity contribution >= 4 is 11.6 Å². The van der Waals surface area contributed by atoms with Gasteiger partial charge in [0.1, 0.15) is 6.17 Å². The molecule has 0 aromatic heterocycles. The van der Waals surface area contributed by atoms with Gasteiger partial charge in [0.2, 0.25) is 0 Å². The van der Waals surface area contributed by atoms with Crippen molar-refractivity contribution in [3.8, 4) is 0 Å². The maximum absolute atomic E-state index is 12.8. The van der Waals surface area contributed by atoms with E-state index in [4.69, 9.17) is 11.6 Å². The topological polar surface area (TPSA) is 20.2 Å². The zero-order chi connectivity index (χ0) is 10.2. The van der Waals surface area contributed by atoms with Gasteiger partial charge in [-0.3, -0.25) is 0 Å². The molecule has 76 valence electrons. The summed E-state index contributed by atoms with van der Waals surface area (Å²) in [6.45, 7) is 0.00898. The lowest BCUT2D eigenvalue weighted by atomic mass is 9.64. The molecule has 1 fully saturated rings. The van der Waals surface area contributed by atoms with Crippen molar-refractivity contribution < 1.29 is 9.50 Å². The first-order chi connectivity index (χ1) is 6.66. The summed E-state index contributed by atoms with van der Waals surface area (Å²) in [5.74, 6) is 0. The monoisotopic (exact) mass is 214 g/mol. The largest absolute Gasteiger partial charge is 0.395 e. The molecule has 1 aliphatic rings. The second-order valence-corrected chi connectivity index (χ2v) is 4.39. The van der Waals surface area contributed by atoms with Crippen LogP contribution in [0.3, 0.4) is 0 Å². The Morgan fingerprint density at radius 2 is 1.93 bits per heavy atom. The minimum atomic E-state index is -0.766. The molecule has 14 heavy (non-hydrogen) atoms. The van der Waals surface area contributed by atoms with Crippen molar-refractivity contribution in [3.63, 3.8) is 0 Å². The van der Waals surface area contributed by atoms with Gasteiger partial charge < -0.3 is 5.11 Å². The summed E-state index contributed by atoms with van der Waals surface area (Å²) in [5.41, 5.74) is 0.627. The maximum atomic E-state index is 12.8. The SMILES string of the molecule is OCC1(c2ccc(Cl)cc2)CC(F)C1. The maximum Gasteiger partial charge on any atom is 0.102 e. The van der Waals surface area contributed by atoms with Crippen molar-refractivity contribution in [2.75, 3.05) is 6.61 Å². The first-order valence-corrected chi connectivity index (χ1v) is 5.05. The van der Waals surface area contributed by atoms with E-state index in [1.165, 1.54) is 0 Å². The molecule has 0 amide bonds. The lowest BCUT2D eigenvalue weighted by Gasteiger charge is -2.43. The van der Waals surface area contributed by atoms with E-state index in [0.29, 0.717) is 17.9 Å². The van der Waals surface area contributed by atoms with Crippen LogP contribution in [0.25, 0.3) is 0 Å². The smallest absolute Gasteiger partial charge is 0.102 e. The van der Waals surface area contributed by atoms with Gasteiger partial charge in [0.05, 0.1) is 6.61 Å². The average molecular weight is 215 g/mol. The number of aliphatic hydroxyl groups is 1. The van der Waals surface area contributed by atoms with Gasteiger partial charge in [-0.2, -0.15) is 0 Å². The van der Waals surface area contributed by atoms with Gasteiger partial charge in [0.15, 0.2) is 0 Å². The molecule has 1 nitrogen and oxygen atoms in total. The molecule has 1 aromatic carbocycles. The number of hydrogen-bond acceptors (Lipinski definition) is 1. The molecular formula is C11H12ClFO. The summed E-state index contributed by atoms with van der Waals surface area (Å²) in [7, 11) is 0. The summed E-state index contributed by atoms with van der Waals surface area (Å²) in [6, 6.07) is 7.29. The molecular weight excluding hydrogens is 203 g/mol. The number of alkyl halides is 1. The van der Waals surface area contributed by atoms with Crippen LogP contribution in [0.4, 0.5) is 4.39 Å². The van der Waals surface area contributed by atoms with Gasteiger partial charge in [0, 0.05) is 10.4 Å². The van der Waals surface area contributed by atoms with E-state index in [2.05, 4.69) is 0 Å². The molecule has 3 heteroatoms. The van der Waals surface area contributed by atoms with Crippen LogP contribution in [0, 0.1) is 0 Å². The molecule has 0 aliphatic heterocycles. The van der Waals surface area contributed by atoms with Crippen LogP contribution in [0.15, 0.2) is 24.3 Å². The van der Waals surface area contributed by atoms with E-state index in [9.17, 15) is 9.50 Å². The Morgan fingerprint density at radius 1 is 1.36 bits per heavy atom. The Bertz CT molecular complexity index is 317. The van der Waals surface area contributed by atoms with Crippen molar-refractivity contribution in [2.45, 2.75) is 24.4 Å². The Kier molecular flexibility index (Phi) is 2.50. The van der Waals surface area contributed by atoms with Crippen LogP contribution in [-0.2, 0) is 5.41 Å². The van der Waals surface area contributed by atoms with Gasteiger partial charge in [-0.25, -0.2) is 4.39 Å². The van der Waals surface area contributed by atoms with Crippen molar-refractivity contribution in [1.82, 2.24) is 0 Å². The second-order valence-electron chi connectivity index (χ2n) is 3.95. The Balaban J connectivity index is 2.25. The Labute approximate surface area is 87.5 Å². The first-order valence-electron chi connectivity index (χ1n) is 4.67. The van der Waals surface area contributed by atoms with Gasteiger partial charge in [-0.1, -0.05) is 23.7 Å². The fourth-order valence-electron chi connectivity index (χ4n) is 2.05. The molecule has 0 atom stereocenters. The summed E-state index contributed by atoms with van der Waals surface area (Å²) < 4.78 is 12.8. The zero-order valence-corrected chi connectivity index (χ0v) is 8.47.